The summed E-state index contributed by atoms with van der Waals surface area (Å²) in [7, 11) is 3.05. The maximum Gasteiger partial charge on any atom is 0.298 e. The lowest BCUT2D eigenvalue weighted by atomic mass is 10.1. The first-order chi connectivity index (χ1) is 12.1. The molecule has 3 rings (SSSR count). The van der Waals surface area contributed by atoms with E-state index in [1.54, 1.807) is 48.5 Å². The zero-order valence-electron chi connectivity index (χ0n) is 13.5. The van der Waals surface area contributed by atoms with E-state index < -0.39 is 11.1 Å². The molecule has 0 saturated carbocycles. The van der Waals surface area contributed by atoms with Crippen LogP contribution in [0.15, 0.2) is 47.4 Å². The highest BCUT2D eigenvalue weighted by Crippen LogP contribution is 2.40. The summed E-state index contributed by atoms with van der Waals surface area (Å²) >= 11 is 6.98. The molecule has 2 amide bonds. The van der Waals surface area contributed by atoms with Gasteiger partial charge in [0.2, 0.25) is 0 Å². The summed E-state index contributed by atoms with van der Waals surface area (Å²) < 4.78 is 10.6. The van der Waals surface area contributed by atoms with Crippen LogP contribution in [0.4, 0.5) is 10.5 Å². The molecule has 7 heteroatoms. The third kappa shape index (κ3) is 3.23. The first-order valence-electron chi connectivity index (χ1n) is 7.30. The molecule has 1 aliphatic heterocycles. The number of amides is 2. The van der Waals surface area contributed by atoms with Gasteiger partial charge in [-0.3, -0.25) is 9.59 Å². The van der Waals surface area contributed by atoms with Gasteiger partial charge in [0.05, 0.1) is 29.8 Å². The summed E-state index contributed by atoms with van der Waals surface area (Å²) in [5.74, 6) is 0.615. The number of halogens is 1. The minimum Gasteiger partial charge on any atom is -0.493 e. The van der Waals surface area contributed by atoms with Crippen LogP contribution >= 0.6 is 23.4 Å². The number of benzene rings is 2. The third-order valence-electron chi connectivity index (χ3n) is 3.61. The van der Waals surface area contributed by atoms with Crippen molar-refractivity contribution in [3.8, 4) is 11.5 Å². The fourth-order valence-electron chi connectivity index (χ4n) is 2.48. The van der Waals surface area contributed by atoms with Crippen LogP contribution in [0, 0.1) is 0 Å². The monoisotopic (exact) mass is 375 g/mol. The normalized spacial score (nSPS) is 15.8. The Bertz CT molecular complexity index is 881. The molecule has 5 nitrogen and oxygen atoms in total. The molecular weight excluding hydrogens is 362 g/mol. The van der Waals surface area contributed by atoms with E-state index in [9.17, 15) is 9.59 Å². The highest BCUT2D eigenvalue weighted by atomic mass is 35.5. The van der Waals surface area contributed by atoms with Crippen LogP contribution in [-0.4, -0.2) is 25.4 Å². The van der Waals surface area contributed by atoms with E-state index in [0.717, 1.165) is 16.7 Å². The van der Waals surface area contributed by atoms with Crippen molar-refractivity contribution >= 4 is 46.3 Å². The SMILES string of the molecule is COc1cccc(/C=C2\SC(=O)N(c3ccccc3Cl)C2=O)c1OC. The zero-order chi connectivity index (χ0) is 18.0. The average Bonchev–Trinajstić information content (AvgIpc) is 2.89. The number of nitrogens with zero attached hydrogens (tertiary/aromatic N) is 1. The summed E-state index contributed by atoms with van der Waals surface area (Å²) in [6, 6.07) is 12.0. The lowest BCUT2D eigenvalue weighted by Crippen LogP contribution is -2.27. The van der Waals surface area contributed by atoms with Crippen LogP contribution in [0.3, 0.4) is 0 Å². The molecule has 1 heterocycles. The molecule has 0 spiro atoms. The summed E-state index contributed by atoms with van der Waals surface area (Å²) in [6.45, 7) is 0. The highest BCUT2D eigenvalue weighted by molar-refractivity contribution is 8.19. The van der Waals surface area contributed by atoms with Crippen molar-refractivity contribution in [2.75, 3.05) is 19.1 Å². The maximum atomic E-state index is 12.7. The summed E-state index contributed by atoms with van der Waals surface area (Å²) in [6.07, 6.45) is 1.61. The van der Waals surface area contributed by atoms with Crippen molar-refractivity contribution in [1.29, 1.82) is 0 Å². The summed E-state index contributed by atoms with van der Waals surface area (Å²) in [4.78, 5) is 26.4. The topological polar surface area (TPSA) is 55.8 Å². The minimum atomic E-state index is -0.423. The van der Waals surface area contributed by atoms with Gasteiger partial charge >= 0.3 is 0 Å². The van der Waals surface area contributed by atoms with Crippen LogP contribution in [0.1, 0.15) is 5.56 Å². The van der Waals surface area contributed by atoms with Gasteiger partial charge in [-0.1, -0.05) is 35.9 Å². The van der Waals surface area contributed by atoms with E-state index in [-0.39, 0.29) is 4.91 Å². The number of hydrogen-bond donors (Lipinski definition) is 0. The van der Waals surface area contributed by atoms with Crippen molar-refractivity contribution in [3.63, 3.8) is 0 Å². The molecule has 2 aromatic rings. The fraction of sp³-hybridized carbons (Fsp3) is 0.111. The number of thioether (sulfide) groups is 1. The molecule has 0 aliphatic carbocycles. The van der Waals surface area contributed by atoms with Crippen molar-refractivity contribution in [2.24, 2.45) is 0 Å². The van der Waals surface area contributed by atoms with E-state index in [4.69, 9.17) is 21.1 Å². The van der Waals surface area contributed by atoms with E-state index in [0.29, 0.717) is 27.8 Å². The van der Waals surface area contributed by atoms with Crippen LogP contribution < -0.4 is 14.4 Å². The molecule has 0 aromatic heterocycles. The second kappa shape index (κ2) is 7.21. The summed E-state index contributed by atoms with van der Waals surface area (Å²) in [5, 5.41) is -0.0591. The van der Waals surface area contributed by atoms with Gasteiger partial charge in [-0.2, -0.15) is 0 Å². The molecule has 0 atom stereocenters. The second-order valence-corrected chi connectivity index (χ2v) is 6.45. The molecule has 0 N–H and O–H groups in total. The van der Waals surface area contributed by atoms with Gasteiger partial charge in [0.15, 0.2) is 11.5 Å². The van der Waals surface area contributed by atoms with Crippen LogP contribution in [0.25, 0.3) is 6.08 Å². The maximum absolute atomic E-state index is 12.7. The molecule has 128 valence electrons. The predicted octanol–water partition coefficient (Wildman–Crippen LogP) is 4.60. The lowest BCUT2D eigenvalue weighted by molar-refractivity contribution is -0.113. The first-order valence-corrected chi connectivity index (χ1v) is 8.49. The van der Waals surface area contributed by atoms with Gasteiger partial charge in [-0.05, 0) is 36.0 Å². The standard InChI is InChI=1S/C18H14ClNO4S/c1-23-14-9-5-6-11(16(14)24-2)10-15-17(21)20(18(22)25-15)13-8-4-3-7-12(13)19/h3-10H,1-2H3/b15-10-. The van der Waals surface area contributed by atoms with Crippen molar-refractivity contribution in [3.05, 3.63) is 58.0 Å². The van der Waals surface area contributed by atoms with Gasteiger partial charge in [-0.15, -0.1) is 0 Å². The Morgan fingerprint density at radius 1 is 1.04 bits per heavy atom. The third-order valence-corrected chi connectivity index (χ3v) is 4.80. The van der Waals surface area contributed by atoms with Crippen molar-refractivity contribution < 1.29 is 19.1 Å². The Balaban J connectivity index is 2.01. The molecule has 0 bridgehead atoms. The summed E-state index contributed by atoms with van der Waals surface area (Å²) in [5.41, 5.74) is 1.01. The molecule has 1 saturated heterocycles. The van der Waals surface area contributed by atoms with Gasteiger partial charge < -0.3 is 9.47 Å². The van der Waals surface area contributed by atoms with Gasteiger partial charge in [0, 0.05) is 5.56 Å². The smallest absolute Gasteiger partial charge is 0.298 e. The number of carbonyl (C=O) groups excluding carboxylic acids is 2. The molecule has 25 heavy (non-hydrogen) atoms. The lowest BCUT2D eigenvalue weighted by Gasteiger charge is -2.13. The van der Waals surface area contributed by atoms with Gasteiger partial charge in [0.25, 0.3) is 11.1 Å². The molecule has 2 aromatic carbocycles. The molecule has 0 radical (unpaired) electrons. The number of para-hydroxylation sites is 2. The molecule has 1 fully saturated rings. The highest BCUT2D eigenvalue weighted by Gasteiger charge is 2.37. The van der Waals surface area contributed by atoms with E-state index in [1.807, 2.05) is 0 Å². The zero-order valence-corrected chi connectivity index (χ0v) is 15.1. The predicted molar refractivity (Wildman–Crippen MR) is 99.4 cm³/mol. The minimum absolute atomic E-state index is 0.288. The number of rotatable bonds is 4. The van der Waals surface area contributed by atoms with E-state index in [1.165, 1.54) is 14.2 Å². The number of ether oxygens (including phenoxy) is 2. The number of carbonyl (C=O) groups is 2. The molecule has 0 unspecified atom stereocenters. The Labute approximate surface area is 154 Å². The Morgan fingerprint density at radius 3 is 2.48 bits per heavy atom. The Kier molecular flexibility index (Phi) is 5.01. The Hall–Kier alpha value is -2.44. The van der Waals surface area contributed by atoms with E-state index in [2.05, 4.69) is 0 Å². The number of imide groups is 1. The largest absolute Gasteiger partial charge is 0.493 e. The number of methoxy groups -OCH3 is 2. The number of hydrogen-bond acceptors (Lipinski definition) is 5. The second-order valence-electron chi connectivity index (χ2n) is 5.05. The quantitative estimate of drug-likeness (QED) is 0.731. The van der Waals surface area contributed by atoms with E-state index >= 15 is 0 Å². The average molecular weight is 376 g/mol. The number of anilines is 1. The fourth-order valence-corrected chi connectivity index (χ4v) is 3.52. The van der Waals surface area contributed by atoms with Crippen LogP contribution in [0.2, 0.25) is 5.02 Å². The Morgan fingerprint density at radius 2 is 1.80 bits per heavy atom. The first kappa shape index (κ1) is 17.4. The van der Waals surface area contributed by atoms with Crippen molar-refractivity contribution in [1.82, 2.24) is 0 Å². The van der Waals surface area contributed by atoms with Crippen LogP contribution in [-0.2, 0) is 4.79 Å². The molecular formula is C18H14ClNO4S. The van der Waals surface area contributed by atoms with Crippen molar-refractivity contribution in [2.45, 2.75) is 0 Å². The molecule has 1 aliphatic rings. The van der Waals surface area contributed by atoms with Gasteiger partial charge in [-0.25, -0.2) is 4.90 Å². The van der Waals surface area contributed by atoms with Gasteiger partial charge in [0.1, 0.15) is 0 Å². The van der Waals surface area contributed by atoms with Crippen LogP contribution in [0.5, 0.6) is 11.5 Å².